The molecule has 1 amide bonds. The van der Waals surface area contributed by atoms with Gasteiger partial charge in [0.05, 0.1) is 11.6 Å². The van der Waals surface area contributed by atoms with Crippen LogP contribution in [0.5, 0.6) is 5.75 Å². The number of ether oxygens (including phenoxy) is 1. The SMILES string of the molecule is Cc1ccc(NC(=O)CCCOc2ccc(Cl)cc2Cl)cc1Br. The zero-order valence-corrected chi connectivity index (χ0v) is 15.6. The molecular formula is C17H16BrCl2NO2. The van der Waals surface area contributed by atoms with E-state index in [1.807, 2.05) is 25.1 Å². The number of rotatable bonds is 6. The fourth-order valence-corrected chi connectivity index (χ4v) is 2.74. The molecule has 0 unspecified atom stereocenters. The van der Waals surface area contributed by atoms with Crippen molar-refractivity contribution >= 4 is 50.7 Å². The Morgan fingerprint density at radius 2 is 2.00 bits per heavy atom. The predicted octanol–water partition coefficient (Wildman–Crippen LogP) is 5.86. The number of amides is 1. The Morgan fingerprint density at radius 1 is 1.22 bits per heavy atom. The molecular weight excluding hydrogens is 401 g/mol. The second kappa shape index (κ2) is 8.57. The van der Waals surface area contributed by atoms with Crippen molar-refractivity contribution in [1.82, 2.24) is 0 Å². The molecule has 0 saturated carbocycles. The average Bonchev–Trinajstić information content (AvgIpc) is 2.49. The molecule has 0 spiro atoms. The first kappa shape index (κ1) is 18.1. The van der Waals surface area contributed by atoms with E-state index in [1.54, 1.807) is 18.2 Å². The molecule has 6 heteroatoms. The summed E-state index contributed by atoms with van der Waals surface area (Å²) in [6.45, 7) is 2.40. The van der Waals surface area contributed by atoms with Crippen LogP contribution in [0.2, 0.25) is 10.0 Å². The van der Waals surface area contributed by atoms with Crippen molar-refractivity contribution < 1.29 is 9.53 Å². The summed E-state index contributed by atoms with van der Waals surface area (Å²) < 4.78 is 6.52. The number of hydrogen-bond acceptors (Lipinski definition) is 2. The van der Waals surface area contributed by atoms with Crippen LogP contribution in [0, 0.1) is 6.92 Å². The van der Waals surface area contributed by atoms with Gasteiger partial charge in [0, 0.05) is 21.6 Å². The van der Waals surface area contributed by atoms with Crippen LogP contribution in [0.1, 0.15) is 18.4 Å². The van der Waals surface area contributed by atoms with E-state index in [-0.39, 0.29) is 5.91 Å². The summed E-state index contributed by atoms with van der Waals surface area (Å²) in [5.41, 5.74) is 1.89. The summed E-state index contributed by atoms with van der Waals surface area (Å²) in [5.74, 6) is 0.519. The highest BCUT2D eigenvalue weighted by atomic mass is 79.9. The van der Waals surface area contributed by atoms with Crippen LogP contribution in [0.25, 0.3) is 0 Å². The molecule has 23 heavy (non-hydrogen) atoms. The topological polar surface area (TPSA) is 38.3 Å². The Kier molecular flexibility index (Phi) is 6.75. The molecule has 0 bridgehead atoms. The Morgan fingerprint density at radius 3 is 2.70 bits per heavy atom. The minimum atomic E-state index is -0.0495. The van der Waals surface area contributed by atoms with Crippen molar-refractivity contribution in [2.24, 2.45) is 0 Å². The van der Waals surface area contributed by atoms with Gasteiger partial charge in [-0.25, -0.2) is 0 Å². The maximum absolute atomic E-state index is 11.9. The zero-order valence-electron chi connectivity index (χ0n) is 12.5. The van der Waals surface area contributed by atoms with Gasteiger partial charge in [-0.1, -0.05) is 45.2 Å². The van der Waals surface area contributed by atoms with Crippen molar-refractivity contribution in [3.63, 3.8) is 0 Å². The number of hydrogen-bond donors (Lipinski definition) is 1. The fraction of sp³-hybridized carbons (Fsp3) is 0.235. The Labute approximate surface area is 154 Å². The number of nitrogens with one attached hydrogen (secondary N) is 1. The molecule has 0 aromatic heterocycles. The first-order valence-electron chi connectivity index (χ1n) is 7.09. The van der Waals surface area contributed by atoms with E-state index in [0.29, 0.717) is 35.2 Å². The summed E-state index contributed by atoms with van der Waals surface area (Å²) in [4.78, 5) is 11.9. The molecule has 2 aromatic carbocycles. The number of halogens is 3. The van der Waals surface area contributed by atoms with Crippen LogP contribution in [-0.4, -0.2) is 12.5 Å². The minimum Gasteiger partial charge on any atom is -0.492 e. The van der Waals surface area contributed by atoms with Crippen molar-refractivity contribution in [1.29, 1.82) is 0 Å². The second-order valence-corrected chi connectivity index (χ2v) is 6.74. The van der Waals surface area contributed by atoms with Gasteiger partial charge >= 0.3 is 0 Å². The summed E-state index contributed by atoms with van der Waals surface area (Å²) in [6, 6.07) is 10.8. The predicted molar refractivity (Wildman–Crippen MR) is 98.7 cm³/mol. The Bertz CT molecular complexity index is 707. The molecule has 0 fully saturated rings. The van der Waals surface area contributed by atoms with Crippen LogP contribution in [0.3, 0.4) is 0 Å². The highest BCUT2D eigenvalue weighted by Gasteiger charge is 2.06. The first-order valence-corrected chi connectivity index (χ1v) is 8.64. The third-order valence-electron chi connectivity index (χ3n) is 3.16. The molecule has 3 nitrogen and oxygen atoms in total. The quantitative estimate of drug-likeness (QED) is 0.598. The molecule has 1 N–H and O–H groups in total. The summed E-state index contributed by atoms with van der Waals surface area (Å²) in [5, 5.41) is 3.88. The highest BCUT2D eigenvalue weighted by Crippen LogP contribution is 2.27. The zero-order chi connectivity index (χ0) is 16.8. The molecule has 2 rings (SSSR count). The molecule has 0 heterocycles. The van der Waals surface area contributed by atoms with E-state index in [0.717, 1.165) is 15.7 Å². The fourth-order valence-electron chi connectivity index (χ4n) is 1.90. The molecule has 0 saturated heterocycles. The van der Waals surface area contributed by atoms with Crippen molar-refractivity contribution in [3.05, 3.63) is 56.5 Å². The van der Waals surface area contributed by atoms with Gasteiger partial charge in [-0.15, -0.1) is 0 Å². The van der Waals surface area contributed by atoms with Crippen LogP contribution < -0.4 is 10.1 Å². The number of carbonyl (C=O) groups excluding carboxylic acids is 1. The van der Waals surface area contributed by atoms with Gasteiger partial charge in [0.25, 0.3) is 0 Å². The summed E-state index contributed by atoms with van der Waals surface area (Å²) in [6.07, 6.45) is 0.967. The number of aryl methyl sites for hydroxylation is 1. The van der Waals surface area contributed by atoms with Gasteiger partial charge in [-0.2, -0.15) is 0 Å². The molecule has 0 aliphatic rings. The van der Waals surface area contributed by atoms with Gasteiger partial charge in [0.1, 0.15) is 5.75 Å². The first-order chi connectivity index (χ1) is 11.0. The van der Waals surface area contributed by atoms with Crippen LogP contribution in [0.4, 0.5) is 5.69 Å². The normalized spacial score (nSPS) is 10.4. The van der Waals surface area contributed by atoms with Gasteiger partial charge in [-0.05, 0) is 49.2 Å². The van der Waals surface area contributed by atoms with Crippen molar-refractivity contribution in [3.8, 4) is 5.75 Å². The molecule has 0 atom stereocenters. The van der Waals surface area contributed by atoms with Crippen LogP contribution in [0.15, 0.2) is 40.9 Å². The smallest absolute Gasteiger partial charge is 0.224 e. The lowest BCUT2D eigenvalue weighted by atomic mass is 10.2. The molecule has 2 aromatic rings. The Hall–Kier alpha value is -1.23. The van der Waals surface area contributed by atoms with Gasteiger partial charge in [0.2, 0.25) is 5.91 Å². The minimum absolute atomic E-state index is 0.0495. The number of benzene rings is 2. The molecule has 122 valence electrons. The van der Waals surface area contributed by atoms with E-state index in [9.17, 15) is 4.79 Å². The summed E-state index contributed by atoms with van der Waals surface area (Å²) >= 11 is 15.3. The third-order valence-corrected chi connectivity index (χ3v) is 4.54. The van der Waals surface area contributed by atoms with E-state index in [4.69, 9.17) is 27.9 Å². The van der Waals surface area contributed by atoms with Gasteiger partial charge < -0.3 is 10.1 Å². The lowest BCUT2D eigenvalue weighted by Crippen LogP contribution is -2.12. The largest absolute Gasteiger partial charge is 0.492 e. The lowest BCUT2D eigenvalue weighted by molar-refractivity contribution is -0.116. The lowest BCUT2D eigenvalue weighted by Gasteiger charge is -2.09. The highest BCUT2D eigenvalue weighted by molar-refractivity contribution is 9.10. The Balaban J connectivity index is 1.75. The monoisotopic (exact) mass is 415 g/mol. The van der Waals surface area contributed by atoms with Crippen molar-refractivity contribution in [2.45, 2.75) is 19.8 Å². The summed E-state index contributed by atoms with van der Waals surface area (Å²) in [7, 11) is 0. The van der Waals surface area contributed by atoms with E-state index >= 15 is 0 Å². The molecule has 0 aliphatic heterocycles. The molecule has 0 radical (unpaired) electrons. The van der Waals surface area contributed by atoms with E-state index < -0.39 is 0 Å². The third kappa shape index (κ3) is 5.72. The number of anilines is 1. The van der Waals surface area contributed by atoms with Crippen molar-refractivity contribution in [2.75, 3.05) is 11.9 Å². The standard InChI is InChI=1S/C17H16BrCl2NO2/c1-11-4-6-13(10-14(11)18)21-17(22)3-2-8-23-16-7-5-12(19)9-15(16)20/h4-7,9-10H,2-3,8H2,1H3,(H,21,22). The van der Waals surface area contributed by atoms with Crippen LogP contribution >= 0.6 is 39.1 Å². The van der Waals surface area contributed by atoms with Gasteiger partial charge in [0.15, 0.2) is 0 Å². The average molecular weight is 417 g/mol. The number of carbonyl (C=O) groups is 1. The van der Waals surface area contributed by atoms with E-state index in [1.165, 1.54) is 0 Å². The second-order valence-electron chi connectivity index (χ2n) is 5.04. The van der Waals surface area contributed by atoms with E-state index in [2.05, 4.69) is 21.2 Å². The maximum atomic E-state index is 11.9. The van der Waals surface area contributed by atoms with Crippen LogP contribution in [-0.2, 0) is 4.79 Å². The molecule has 0 aliphatic carbocycles. The van der Waals surface area contributed by atoms with Gasteiger partial charge in [-0.3, -0.25) is 4.79 Å². The maximum Gasteiger partial charge on any atom is 0.224 e.